The van der Waals surface area contributed by atoms with Gasteiger partial charge in [-0.25, -0.2) is 4.79 Å². The number of hydrogen-bond acceptors (Lipinski definition) is 4. The summed E-state index contributed by atoms with van der Waals surface area (Å²) in [5, 5.41) is 14.2. The lowest BCUT2D eigenvalue weighted by molar-refractivity contribution is -0.122. The van der Waals surface area contributed by atoms with Crippen LogP contribution in [-0.4, -0.2) is 54.2 Å². The number of carbonyl (C=O) groups excluding carboxylic acids is 2. The molecule has 0 radical (unpaired) electrons. The summed E-state index contributed by atoms with van der Waals surface area (Å²) in [6.07, 6.45) is 4.93. The smallest absolute Gasteiger partial charge is 0.321 e. The Morgan fingerprint density at radius 3 is 2.84 bits per heavy atom. The average Bonchev–Trinajstić information content (AvgIpc) is 2.39. The predicted octanol–water partition coefficient (Wildman–Crippen LogP) is 0.459. The van der Waals surface area contributed by atoms with Crippen LogP contribution in [0.5, 0.6) is 0 Å². The van der Waals surface area contributed by atoms with Crippen LogP contribution in [0.4, 0.5) is 4.79 Å². The van der Waals surface area contributed by atoms with Gasteiger partial charge in [-0.15, -0.1) is 0 Å². The molecule has 0 bridgehead atoms. The van der Waals surface area contributed by atoms with E-state index in [0.717, 1.165) is 38.6 Å². The van der Waals surface area contributed by atoms with Crippen LogP contribution >= 0.6 is 0 Å². The van der Waals surface area contributed by atoms with Crippen molar-refractivity contribution < 1.29 is 14.7 Å². The Balaban J connectivity index is 2.27. The van der Waals surface area contributed by atoms with E-state index in [9.17, 15) is 14.7 Å². The first-order chi connectivity index (χ1) is 9.17. The van der Waals surface area contributed by atoms with E-state index in [1.165, 1.54) is 0 Å². The van der Waals surface area contributed by atoms with Gasteiger partial charge >= 0.3 is 6.03 Å². The van der Waals surface area contributed by atoms with Crippen molar-refractivity contribution in [2.24, 2.45) is 0 Å². The zero-order valence-electron chi connectivity index (χ0n) is 11.7. The topological polar surface area (TPSA) is 81.7 Å². The van der Waals surface area contributed by atoms with Gasteiger partial charge in [0.1, 0.15) is 0 Å². The minimum absolute atomic E-state index is 0.0441. The van der Waals surface area contributed by atoms with E-state index >= 15 is 0 Å². The second kappa shape index (κ2) is 8.87. The van der Waals surface area contributed by atoms with Crippen molar-refractivity contribution in [1.29, 1.82) is 0 Å². The molecule has 1 unspecified atom stereocenters. The molecule has 1 fully saturated rings. The second-order valence-corrected chi connectivity index (χ2v) is 4.96. The molecule has 1 heterocycles. The monoisotopic (exact) mass is 271 g/mol. The number of likely N-dealkylation sites (tertiary alicyclic amines) is 1. The van der Waals surface area contributed by atoms with Crippen LogP contribution in [-0.2, 0) is 4.79 Å². The van der Waals surface area contributed by atoms with Gasteiger partial charge in [-0.05, 0) is 25.8 Å². The van der Waals surface area contributed by atoms with Gasteiger partial charge in [0.2, 0.25) is 5.91 Å². The fourth-order valence-corrected chi connectivity index (χ4v) is 2.25. The Morgan fingerprint density at radius 2 is 2.16 bits per heavy atom. The van der Waals surface area contributed by atoms with Crippen LogP contribution in [0.2, 0.25) is 0 Å². The van der Waals surface area contributed by atoms with Gasteiger partial charge in [0.15, 0.2) is 0 Å². The van der Waals surface area contributed by atoms with Gasteiger partial charge in [-0.1, -0.05) is 19.8 Å². The highest BCUT2D eigenvalue weighted by molar-refractivity contribution is 5.95. The maximum absolute atomic E-state index is 11.7. The highest BCUT2D eigenvalue weighted by Crippen LogP contribution is 2.15. The minimum Gasteiger partial charge on any atom is -0.395 e. The molecule has 1 aliphatic rings. The standard InChI is InChI=1S/C13H25N3O3/c1-2-3-7-14-13(19)15-12(18)9-16-8-5-4-6-11(16)10-17/h11,17H,2-10H2,1H3,(H2,14,15,18,19). The van der Waals surface area contributed by atoms with Crippen molar-refractivity contribution in [3.8, 4) is 0 Å². The third-order valence-electron chi connectivity index (χ3n) is 3.38. The molecule has 0 spiro atoms. The molecule has 3 N–H and O–H groups in total. The van der Waals surface area contributed by atoms with Crippen molar-refractivity contribution >= 4 is 11.9 Å². The van der Waals surface area contributed by atoms with Gasteiger partial charge in [-0.3, -0.25) is 15.0 Å². The Hall–Kier alpha value is -1.14. The number of nitrogens with zero attached hydrogens (tertiary/aromatic N) is 1. The highest BCUT2D eigenvalue weighted by Gasteiger charge is 2.23. The molecule has 1 rings (SSSR count). The summed E-state index contributed by atoms with van der Waals surface area (Å²) in [4.78, 5) is 25.1. The van der Waals surface area contributed by atoms with Gasteiger partial charge in [-0.2, -0.15) is 0 Å². The van der Waals surface area contributed by atoms with E-state index in [2.05, 4.69) is 10.6 Å². The number of unbranched alkanes of at least 4 members (excludes halogenated alkanes) is 1. The van der Waals surface area contributed by atoms with E-state index in [1.54, 1.807) is 0 Å². The highest BCUT2D eigenvalue weighted by atomic mass is 16.3. The Kier molecular flexibility index (Phi) is 7.43. The Morgan fingerprint density at radius 1 is 1.37 bits per heavy atom. The van der Waals surface area contributed by atoms with Crippen LogP contribution in [0, 0.1) is 0 Å². The molecular weight excluding hydrogens is 246 g/mol. The molecule has 6 heteroatoms. The van der Waals surface area contributed by atoms with Crippen LogP contribution in [0.3, 0.4) is 0 Å². The molecule has 19 heavy (non-hydrogen) atoms. The molecule has 1 atom stereocenters. The van der Waals surface area contributed by atoms with E-state index in [1.807, 2.05) is 11.8 Å². The molecule has 3 amide bonds. The SMILES string of the molecule is CCCCNC(=O)NC(=O)CN1CCCCC1CO. The zero-order valence-corrected chi connectivity index (χ0v) is 11.7. The maximum atomic E-state index is 11.7. The van der Waals surface area contributed by atoms with E-state index in [0.29, 0.717) is 6.54 Å². The first-order valence-corrected chi connectivity index (χ1v) is 7.10. The fraction of sp³-hybridized carbons (Fsp3) is 0.846. The number of imide groups is 1. The number of aliphatic hydroxyl groups is 1. The van der Waals surface area contributed by atoms with Crippen molar-refractivity contribution in [2.45, 2.75) is 45.1 Å². The number of amides is 3. The summed E-state index contributed by atoms with van der Waals surface area (Å²) in [6, 6.07) is -0.390. The minimum atomic E-state index is -0.434. The number of urea groups is 1. The Bertz CT molecular complexity index is 297. The molecule has 0 aliphatic carbocycles. The van der Waals surface area contributed by atoms with Gasteiger partial charge in [0.05, 0.1) is 13.2 Å². The van der Waals surface area contributed by atoms with E-state index in [-0.39, 0.29) is 25.1 Å². The number of carbonyl (C=O) groups is 2. The van der Waals surface area contributed by atoms with Gasteiger partial charge in [0.25, 0.3) is 0 Å². The lowest BCUT2D eigenvalue weighted by Crippen LogP contribution is -2.49. The summed E-state index contributed by atoms with van der Waals surface area (Å²) in [5.74, 6) is -0.311. The number of nitrogens with one attached hydrogen (secondary N) is 2. The molecule has 110 valence electrons. The van der Waals surface area contributed by atoms with Crippen molar-refractivity contribution in [3.63, 3.8) is 0 Å². The quantitative estimate of drug-likeness (QED) is 0.613. The summed E-state index contributed by atoms with van der Waals surface area (Å²) >= 11 is 0. The van der Waals surface area contributed by atoms with Crippen molar-refractivity contribution in [2.75, 3.05) is 26.2 Å². The lowest BCUT2D eigenvalue weighted by atomic mass is 10.0. The summed E-state index contributed by atoms with van der Waals surface area (Å²) < 4.78 is 0. The number of piperidine rings is 1. The van der Waals surface area contributed by atoms with Crippen molar-refractivity contribution in [1.82, 2.24) is 15.5 Å². The lowest BCUT2D eigenvalue weighted by Gasteiger charge is -2.33. The molecule has 0 aromatic rings. The summed E-state index contributed by atoms with van der Waals surface area (Å²) in [6.45, 7) is 3.66. The van der Waals surface area contributed by atoms with Crippen LogP contribution in [0.15, 0.2) is 0 Å². The zero-order chi connectivity index (χ0) is 14.1. The third-order valence-corrected chi connectivity index (χ3v) is 3.38. The molecular formula is C13H25N3O3. The average molecular weight is 271 g/mol. The molecule has 1 aliphatic heterocycles. The van der Waals surface area contributed by atoms with E-state index in [4.69, 9.17) is 0 Å². The number of hydrogen-bond donors (Lipinski definition) is 3. The fourth-order valence-electron chi connectivity index (χ4n) is 2.25. The predicted molar refractivity (Wildman–Crippen MR) is 72.7 cm³/mol. The Labute approximate surface area is 114 Å². The molecule has 0 aromatic heterocycles. The van der Waals surface area contributed by atoms with E-state index < -0.39 is 6.03 Å². The van der Waals surface area contributed by atoms with Crippen molar-refractivity contribution in [3.05, 3.63) is 0 Å². The molecule has 1 saturated heterocycles. The first kappa shape index (κ1) is 15.9. The number of rotatable bonds is 6. The van der Waals surface area contributed by atoms with Crippen LogP contribution < -0.4 is 10.6 Å². The number of aliphatic hydroxyl groups excluding tert-OH is 1. The van der Waals surface area contributed by atoms with Gasteiger partial charge in [0, 0.05) is 12.6 Å². The first-order valence-electron chi connectivity index (χ1n) is 7.10. The normalized spacial score (nSPS) is 20.0. The van der Waals surface area contributed by atoms with Crippen LogP contribution in [0.1, 0.15) is 39.0 Å². The summed E-state index contributed by atoms with van der Waals surface area (Å²) in [5.41, 5.74) is 0. The summed E-state index contributed by atoms with van der Waals surface area (Å²) in [7, 11) is 0. The largest absolute Gasteiger partial charge is 0.395 e. The molecule has 6 nitrogen and oxygen atoms in total. The maximum Gasteiger partial charge on any atom is 0.321 e. The second-order valence-electron chi connectivity index (χ2n) is 4.96. The van der Waals surface area contributed by atoms with Crippen LogP contribution in [0.25, 0.3) is 0 Å². The molecule has 0 aromatic carbocycles. The van der Waals surface area contributed by atoms with Gasteiger partial charge < -0.3 is 10.4 Å². The third kappa shape index (κ3) is 6.02. The molecule has 0 saturated carbocycles.